The van der Waals surface area contributed by atoms with Gasteiger partial charge in [0.15, 0.2) is 11.5 Å². The monoisotopic (exact) mass is 412 g/mol. The van der Waals surface area contributed by atoms with Crippen LogP contribution in [-0.4, -0.2) is 42.2 Å². The Morgan fingerprint density at radius 2 is 2.00 bits per heavy atom. The summed E-state index contributed by atoms with van der Waals surface area (Å²) in [6.45, 7) is 6.50. The zero-order valence-corrected chi connectivity index (χ0v) is 18.2. The van der Waals surface area contributed by atoms with Gasteiger partial charge in [0.2, 0.25) is 5.91 Å². The Morgan fingerprint density at radius 3 is 2.63 bits per heavy atom. The second-order valence-corrected chi connectivity index (χ2v) is 7.66. The molecule has 0 saturated carbocycles. The summed E-state index contributed by atoms with van der Waals surface area (Å²) in [5.74, 6) is 1.58. The summed E-state index contributed by atoms with van der Waals surface area (Å²) >= 11 is 0. The van der Waals surface area contributed by atoms with Crippen molar-refractivity contribution in [3.63, 3.8) is 0 Å². The number of amides is 1. The van der Waals surface area contributed by atoms with Gasteiger partial charge in [-0.05, 0) is 42.2 Å². The predicted molar refractivity (Wildman–Crippen MR) is 115 cm³/mol. The van der Waals surface area contributed by atoms with Gasteiger partial charge in [-0.15, -0.1) is 0 Å². The molecule has 162 valence electrons. The third-order valence-electron chi connectivity index (χ3n) is 5.53. The summed E-state index contributed by atoms with van der Waals surface area (Å²) < 4.78 is 17.0. The molecule has 1 aliphatic rings. The lowest BCUT2D eigenvalue weighted by molar-refractivity contribution is -0.137. The van der Waals surface area contributed by atoms with Crippen LogP contribution < -0.4 is 9.47 Å². The van der Waals surface area contributed by atoms with Crippen molar-refractivity contribution in [2.75, 3.05) is 20.3 Å². The van der Waals surface area contributed by atoms with Crippen LogP contribution in [0.4, 0.5) is 0 Å². The molecule has 0 bridgehead atoms. The average Bonchev–Trinajstić information content (AvgIpc) is 3.29. The quantitative estimate of drug-likeness (QED) is 0.585. The van der Waals surface area contributed by atoms with E-state index in [0.29, 0.717) is 31.2 Å². The van der Waals surface area contributed by atoms with Crippen LogP contribution in [0.2, 0.25) is 0 Å². The molecule has 3 rings (SSSR count). The van der Waals surface area contributed by atoms with Gasteiger partial charge in [-0.3, -0.25) is 9.78 Å². The Kier molecular flexibility index (Phi) is 8.08. The maximum Gasteiger partial charge on any atom is 0.226 e. The Bertz CT molecular complexity index is 802. The van der Waals surface area contributed by atoms with Gasteiger partial charge in [0.05, 0.1) is 20.3 Å². The Balaban J connectivity index is 1.79. The minimum absolute atomic E-state index is 0.0218. The maximum atomic E-state index is 13.2. The van der Waals surface area contributed by atoms with Crippen LogP contribution in [0.3, 0.4) is 0 Å². The van der Waals surface area contributed by atoms with Crippen molar-refractivity contribution in [2.45, 2.75) is 52.3 Å². The van der Waals surface area contributed by atoms with Crippen molar-refractivity contribution in [1.82, 2.24) is 9.88 Å². The van der Waals surface area contributed by atoms with Crippen molar-refractivity contribution in [1.29, 1.82) is 0 Å². The first-order valence-corrected chi connectivity index (χ1v) is 10.7. The largest absolute Gasteiger partial charge is 0.493 e. The van der Waals surface area contributed by atoms with Crippen molar-refractivity contribution < 1.29 is 19.0 Å². The fraction of sp³-hybridized carbons (Fsp3) is 0.500. The number of aromatic nitrogens is 1. The highest BCUT2D eigenvalue weighted by atomic mass is 16.6. The Labute approximate surface area is 179 Å². The SMILES string of the molecule is CCC(CC)C(=O)N(Cc1cccnc1)Cc1ccc(O[C@@H]2CCOC2)c(OC)c1. The molecule has 0 spiro atoms. The van der Waals surface area contributed by atoms with Crippen molar-refractivity contribution in [3.8, 4) is 11.5 Å². The molecule has 0 unspecified atom stereocenters. The van der Waals surface area contributed by atoms with Crippen LogP contribution in [0.1, 0.15) is 44.2 Å². The van der Waals surface area contributed by atoms with Gasteiger partial charge in [-0.1, -0.05) is 26.0 Å². The molecule has 1 fully saturated rings. The molecule has 1 aliphatic heterocycles. The molecule has 30 heavy (non-hydrogen) atoms. The van der Waals surface area contributed by atoms with Crippen LogP contribution in [0.15, 0.2) is 42.7 Å². The molecule has 6 heteroatoms. The number of benzene rings is 1. The molecule has 0 radical (unpaired) electrons. The van der Waals surface area contributed by atoms with E-state index < -0.39 is 0 Å². The van der Waals surface area contributed by atoms with Crippen LogP contribution in [0, 0.1) is 5.92 Å². The molecule has 0 aliphatic carbocycles. The number of nitrogens with zero attached hydrogens (tertiary/aromatic N) is 2. The molecular formula is C24H32N2O4. The summed E-state index contributed by atoms with van der Waals surface area (Å²) in [5, 5.41) is 0. The summed E-state index contributed by atoms with van der Waals surface area (Å²) in [7, 11) is 1.64. The second kappa shape index (κ2) is 11.0. The molecule has 1 aromatic heterocycles. The number of rotatable bonds is 10. The molecule has 2 heterocycles. The van der Waals surface area contributed by atoms with E-state index in [2.05, 4.69) is 18.8 Å². The average molecular weight is 413 g/mol. The van der Waals surface area contributed by atoms with Crippen LogP contribution in [0.25, 0.3) is 0 Å². The third-order valence-corrected chi connectivity index (χ3v) is 5.53. The molecule has 6 nitrogen and oxygen atoms in total. The number of hydrogen-bond acceptors (Lipinski definition) is 5. The minimum Gasteiger partial charge on any atom is -0.493 e. The van der Waals surface area contributed by atoms with E-state index in [9.17, 15) is 4.79 Å². The Hall–Kier alpha value is -2.60. The fourth-order valence-corrected chi connectivity index (χ4v) is 3.73. The Morgan fingerprint density at radius 1 is 1.20 bits per heavy atom. The molecular weight excluding hydrogens is 380 g/mol. The van der Waals surface area contributed by atoms with Crippen LogP contribution in [0.5, 0.6) is 11.5 Å². The smallest absolute Gasteiger partial charge is 0.226 e. The lowest BCUT2D eigenvalue weighted by atomic mass is 10.0. The van der Waals surface area contributed by atoms with E-state index in [1.54, 1.807) is 13.3 Å². The van der Waals surface area contributed by atoms with Crippen LogP contribution in [-0.2, 0) is 22.6 Å². The summed E-state index contributed by atoms with van der Waals surface area (Å²) in [6.07, 6.45) is 6.16. The normalized spacial score (nSPS) is 15.9. The first-order chi connectivity index (χ1) is 14.6. The third kappa shape index (κ3) is 5.72. The molecule has 2 aromatic rings. The van der Waals surface area contributed by atoms with E-state index in [-0.39, 0.29) is 17.9 Å². The number of carbonyl (C=O) groups is 1. The van der Waals surface area contributed by atoms with Gasteiger partial charge in [-0.25, -0.2) is 0 Å². The van der Waals surface area contributed by atoms with Gasteiger partial charge in [0, 0.05) is 37.8 Å². The molecule has 0 N–H and O–H groups in total. The maximum absolute atomic E-state index is 13.2. The van der Waals surface area contributed by atoms with Gasteiger partial charge >= 0.3 is 0 Å². The first-order valence-electron chi connectivity index (χ1n) is 10.7. The minimum atomic E-state index is 0.0218. The number of ether oxygens (including phenoxy) is 3. The zero-order valence-electron chi connectivity index (χ0n) is 18.2. The van der Waals surface area contributed by atoms with Crippen molar-refractivity contribution in [2.24, 2.45) is 5.92 Å². The van der Waals surface area contributed by atoms with Crippen molar-refractivity contribution in [3.05, 3.63) is 53.9 Å². The standard InChI is InChI=1S/C24H32N2O4/c1-4-20(5-2)24(27)26(16-19-7-6-11-25-14-19)15-18-8-9-22(23(13-18)28-3)30-21-10-12-29-17-21/h6-9,11,13-14,20-21H,4-5,10,12,15-17H2,1-3H3/t21-/m1/s1. The summed E-state index contributed by atoms with van der Waals surface area (Å²) in [4.78, 5) is 19.3. The lowest BCUT2D eigenvalue weighted by Gasteiger charge is -2.27. The summed E-state index contributed by atoms with van der Waals surface area (Å²) in [6, 6.07) is 9.79. The number of methoxy groups -OCH3 is 1. The molecule has 1 aromatic carbocycles. The highest BCUT2D eigenvalue weighted by Crippen LogP contribution is 2.31. The number of hydrogen-bond donors (Lipinski definition) is 0. The van der Waals surface area contributed by atoms with E-state index in [0.717, 1.165) is 37.0 Å². The predicted octanol–water partition coefficient (Wildman–Crippen LogP) is 4.22. The number of carbonyl (C=O) groups excluding carboxylic acids is 1. The summed E-state index contributed by atoms with van der Waals surface area (Å²) in [5.41, 5.74) is 2.02. The molecule has 1 saturated heterocycles. The molecule has 1 atom stereocenters. The lowest BCUT2D eigenvalue weighted by Crippen LogP contribution is -2.35. The zero-order chi connectivity index (χ0) is 21.3. The van der Waals surface area contributed by atoms with Crippen molar-refractivity contribution >= 4 is 5.91 Å². The van der Waals surface area contributed by atoms with Gasteiger partial charge < -0.3 is 19.1 Å². The highest BCUT2D eigenvalue weighted by Gasteiger charge is 2.23. The fourth-order valence-electron chi connectivity index (χ4n) is 3.73. The number of pyridine rings is 1. The van der Waals surface area contributed by atoms with E-state index in [4.69, 9.17) is 14.2 Å². The topological polar surface area (TPSA) is 60.9 Å². The van der Waals surface area contributed by atoms with Crippen LogP contribution >= 0.6 is 0 Å². The van der Waals surface area contributed by atoms with Gasteiger partial charge in [-0.2, -0.15) is 0 Å². The van der Waals surface area contributed by atoms with E-state index >= 15 is 0 Å². The highest BCUT2D eigenvalue weighted by molar-refractivity contribution is 5.78. The van der Waals surface area contributed by atoms with E-state index in [1.165, 1.54) is 0 Å². The van der Waals surface area contributed by atoms with E-state index in [1.807, 2.05) is 41.4 Å². The second-order valence-electron chi connectivity index (χ2n) is 7.66. The van der Waals surface area contributed by atoms with Gasteiger partial charge in [0.1, 0.15) is 6.10 Å². The first kappa shape index (κ1) is 22.1. The van der Waals surface area contributed by atoms with Gasteiger partial charge in [0.25, 0.3) is 0 Å². The molecule has 1 amide bonds.